The number of alkyl carbamates (subject to hydrolysis) is 1. The zero-order chi connectivity index (χ0) is 25.8. The molecule has 0 spiro atoms. The molecule has 34 heavy (non-hydrogen) atoms. The van der Waals surface area contributed by atoms with Gasteiger partial charge in [-0.3, -0.25) is 14.6 Å². The number of nitrogens with one attached hydrogen (secondary N) is 3. The third kappa shape index (κ3) is 8.34. The number of hydrogen-bond donors (Lipinski definition) is 3. The van der Waals surface area contributed by atoms with Crippen molar-refractivity contribution in [3.8, 4) is 0 Å². The molecule has 3 atom stereocenters. The van der Waals surface area contributed by atoms with Crippen LogP contribution in [0.2, 0.25) is 0 Å². The SMILES string of the molecule is CC(C)C[C@H](NC(=O)CNC(=O)OC(C)(C)C)C(=O)N1C2CCC(C2)N1NC(=O)OC(C)(C)C. The second kappa shape index (κ2) is 10.8. The average Bonchev–Trinajstić information content (AvgIpc) is 3.23. The lowest BCUT2D eigenvalue weighted by atomic mass is 10.0. The van der Waals surface area contributed by atoms with Crippen molar-refractivity contribution >= 4 is 24.0 Å². The largest absolute Gasteiger partial charge is 0.444 e. The topological polar surface area (TPSA) is 129 Å². The van der Waals surface area contributed by atoms with Gasteiger partial charge in [-0.2, -0.15) is 0 Å². The molecular weight excluding hydrogens is 442 g/mol. The summed E-state index contributed by atoms with van der Waals surface area (Å²) in [4.78, 5) is 50.4. The Labute approximate surface area is 202 Å². The van der Waals surface area contributed by atoms with E-state index < -0.39 is 35.3 Å². The molecule has 3 N–H and O–H groups in total. The van der Waals surface area contributed by atoms with Crippen LogP contribution in [0.4, 0.5) is 9.59 Å². The normalized spacial score (nSPS) is 21.3. The van der Waals surface area contributed by atoms with E-state index in [1.165, 1.54) is 0 Å². The Morgan fingerprint density at radius 1 is 0.912 bits per heavy atom. The predicted molar refractivity (Wildman–Crippen MR) is 125 cm³/mol. The van der Waals surface area contributed by atoms with Crippen molar-refractivity contribution in [1.29, 1.82) is 0 Å². The van der Waals surface area contributed by atoms with Gasteiger partial charge in [-0.1, -0.05) is 13.8 Å². The van der Waals surface area contributed by atoms with Gasteiger partial charge < -0.3 is 20.1 Å². The number of ether oxygens (including phenoxy) is 2. The van der Waals surface area contributed by atoms with E-state index in [0.29, 0.717) is 6.42 Å². The summed E-state index contributed by atoms with van der Waals surface area (Å²) in [6, 6.07) is -0.875. The fraction of sp³-hybridized carbons (Fsp3) is 0.826. The molecule has 1 aliphatic carbocycles. The van der Waals surface area contributed by atoms with E-state index in [1.54, 1.807) is 51.7 Å². The van der Waals surface area contributed by atoms with Crippen LogP contribution >= 0.6 is 0 Å². The van der Waals surface area contributed by atoms with Gasteiger partial charge in [-0.15, -0.1) is 5.12 Å². The van der Waals surface area contributed by atoms with Crippen molar-refractivity contribution < 1.29 is 28.7 Å². The van der Waals surface area contributed by atoms with E-state index in [-0.39, 0.29) is 30.5 Å². The molecule has 1 saturated carbocycles. The van der Waals surface area contributed by atoms with E-state index in [2.05, 4.69) is 16.1 Å². The Kier molecular flexibility index (Phi) is 8.79. The Bertz CT molecular complexity index is 773. The summed E-state index contributed by atoms with van der Waals surface area (Å²) in [7, 11) is 0. The Morgan fingerprint density at radius 3 is 2.03 bits per heavy atom. The molecule has 11 heteroatoms. The number of rotatable bonds is 7. The number of hydrazine groups is 2. The molecule has 2 rings (SSSR count). The number of fused-ring (bicyclic) bond motifs is 2. The molecule has 0 aromatic heterocycles. The summed E-state index contributed by atoms with van der Waals surface area (Å²) in [6.07, 6.45) is 1.48. The van der Waals surface area contributed by atoms with E-state index in [0.717, 1.165) is 19.3 Å². The third-order valence-electron chi connectivity index (χ3n) is 5.26. The second-order valence-corrected chi connectivity index (χ2v) is 11.4. The highest BCUT2D eigenvalue weighted by molar-refractivity contribution is 5.89. The lowest BCUT2D eigenvalue weighted by molar-refractivity contribution is -0.164. The number of carbonyl (C=O) groups excluding carboxylic acids is 4. The third-order valence-corrected chi connectivity index (χ3v) is 5.26. The smallest absolute Gasteiger partial charge is 0.423 e. The quantitative estimate of drug-likeness (QED) is 0.507. The van der Waals surface area contributed by atoms with Crippen molar-refractivity contribution in [3.05, 3.63) is 0 Å². The Morgan fingerprint density at radius 2 is 1.47 bits per heavy atom. The first kappa shape index (κ1) is 27.7. The van der Waals surface area contributed by atoms with Crippen LogP contribution in [-0.2, 0) is 19.1 Å². The van der Waals surface area contributed by atoms with Gasteiger partial charge in [-0.05, 0) is 73.1 Å². The minimum absolute atomic E-state index is 0.00861. The van der Waals surface area contributed by atoms with Gasteiger partial charge >= 0.3 is 12.2 Å². The van der Waals surface area contributed by atoms with Crippen molar-refractivity contribution in [2.75, 3.05) is 6.54 Å². The predicted octanol–water partition coefficient (Wildman–Crippen LogP) is 2.46. The molecular formula is C23H41N5O6. The monoisotopic (exact) mass is 483 g/mol. The second-order valence-electron chi connectivity index (χ2n) is 11.4. The Balaban J connectivity index is 2.06. The maximum absolute atomic E-state index is 13.6. The molecule has 2 unspecified atom stereocenters. The zero-order valence-electron chi connectivity index (χ0n) is 21.7. The first-order chi connectivity index (χ1) is 15.6. The van der Waals surface area contributed by atoms with Crippen LogP contribution in [0.1, 0.15) is 81.1 Å². The van der Waals surface area contributed by atoms with Gasteiger partial charge in [0.25, 0.3) is 5.91 Å². The maximum atomic E-state index is 13.6. The summed E-state index contributed by atoms with van der Waals surface area (Å²) in [6.45, 7) is 14.1. The minimum Gasteiger partial charge on any atom is -0.444 e. The minimum atomic E-state index is -0.810. The van der Waals surface area contributed by atoms with Gasteiger partial charge in [0.05, 0.1) is 12.1 Å². The number of nitrogens with zero attached hydrogens (tertiary/aromatic N) is 2. The van der Waals surface area contributed by atoms with Crippen LogP contribution in [0.5, 0.6) is 0 Å². The highest BCUT2D eigenvalue weighted by atomic mass is 16.6. The average molecular weight is 484 g/mol. The van der Waals surface area contributed by atoms with E-state index >= 15 is 0 Å². The van der Waals surface area contributed by atoms with Gasteiger partial charge in [0.15, 0.2) is 0 Å². The van der Waals surface area contributed by atoms with Crippen LogP contribution in [-0.4, -0.2) is 70.0 Å². The number of hydrogen-bond acceptors (Lipinski definition) is 7. The van der Waals surface area contributed by atoms with Crippen LogP contribution in [0.15, 0.2) is 0 Å². The van der Waals surface area contributed by atoms with Crippen LogP contribution < -0.4 is 16.1 Å². The van der Waals surface area contributed by atoms with Crippen LogP contribution in [0, 0.1) is 5.92 Å². The zero-order valence-corrected chi connectivity index (χ0v) is 21.7. The molecule has 194 valence electrons. The van der Waals surface area contributed by atoms with E-state index in [9.17, 15) is 19.2 Å². The van der Waals surface area contributed by atoms with Crippen molar-refractivity contribution in [1.82, 2.24) is 26.2 Å². The molecule has 11 nitrogen and oxygen atoms in total. The molecule has 2 aliphatic rings. The fourth-order valence-electron chi connectivity index (χ4n) is 4.12. The van der Waals surface area contributed by atoms with Crippen LogP contribution in [0.3, 0.4) is 0 Å². The molecule has 2 fully saturated rings. The number of carbonyl (C=O) groups is 4. The molecule has 0 aromatic carbocycles. The summed E-state index contributed by atoms with van der Waals surface area (Å²) < 4.78 is 10.5. The van der Waals surface area contributed by atoms with Gasteiger partial charge in [-0.25, -0.2) is 15.0 Å². The molecule has 0 radical (unpaired) electrons. The molecule has 1 aliphatic heterocycles. The number of amides is 4. The van der Waals surface area contributed by atoms with Crippen molar-refractivity contribution in [3.63, 3.8) is 0 Å². The van der Waals surface area contributed by atoms with Crippen molar-refractivity contribution in [2.24, 2.45) is 5.92 Å². The molecule has 2 bridgehead atoms. The van der Waals surface area contributed by atoms with Gasteiger partial charge in [0.1, 0.15) is 23.8 Å². The van der Waals surface area contributed by atoms with E-state index in [4.69, 9.17) is 9.47 Å². The first-order valence-electron chi connectivity index (χ1n) is 11.9. The first-order valence-corrected chi connectivity index (χ1v) is 11.9. The summed E-state index contributed by atoms with van der Waals surface area (Å²) in [5.41, 5.74) is 1.35. The van der Waals surface area contributed by atoms with Gasteiger partial charge in [0, 0.05) is 0 Å². The lowest BCUT2D eigenvalue weighted by Crippen LogP contribution is -2.62. The lowest BCUT2D eigenvalue weighted by Gasteiger charge is -2.39. The standard InChI is InChI=1S/C23H41N5O6/c1-14(2)11-17(25-18(29)13-24-20(31)33-22(3,4)5)19(30)27-15-9-10-16(12-15)28(27)26-21(32)34-23(6,7)8/h14-17H,9-13H2,1-8H3,(H,24,31)(H,25,29)(H,26,32)/t15?,16?,17-/m0/s1. The molecule has 1 saturated heterocycles. The highest BCUT2D eigenvalue weighted by Gasteiger charge is 2.49. The summed E-state index contributed by atoms with van der Waals surface area (Å²) in [5.74, 6) is -0.677. The molecule has 1 heterocycles. The van der Waals surface area contributed by atoms with Crippen molar-refractivity contribution in [2.45, 2.75) is 110 Å². The highest BCUT2D eigenvalue weighted by Crippen LogP contribution is 2.37. The van der Waals surface area contributed by atoms with Crippen LogP contribution in [0.25, 0.3) is 0 Å². The van der Waals surface area contributed by atoms with E-state index in [1.807, 2.05) is 13.8 Å². The summed E-state index contributed by atoms with van der Waals surface area (Å²) in [5, 5.41) is 8.26. The maximum Gasteiger partial charge on any atom is 0.423 e. The fourth-order valence-corrected chi connectivity index (χ4v) is 4.12. The van der Waals surface area contributed by atoms with Gasteiger partial charge in [0.2, 0.25) is 5.91 Å². The Hall–Kier alpha value is -2.56. The summed E-state index contributed by atoms with van der Waals surface area (Å²) >= 11 is 0. The molecule has 0 aromatic rings. The molecule has 4 amide bonds.